The number of hydrogen-bond acceptors (Lipinski definition) is 5. The van der Waals surface area contributed by atoms with E-state index in [9.17, 15) is 9.90 Å². The van der Waals surface area contributed by atoms with Gasteiger partial charge in [0.05, 0.1) is 12.3 Å². The van der Waals surface area contributed by atoms with Gasteiger partial charge in [-0.2, -0.15) is 0 Å². The average Bonchev–Trinajstić information content (AvgIpc) is 2.57. The van der Waals surface area contributed by atoms with Crippen molar-refractivity contribution in [3.63, 3.8) is 0 Å². The number of pyridine rings is 1. The van der Waals surface area contributed by atoms with Crippen LogP contribution in [0, 0.1) is 19.3 Å². The molecular formula is C17H25N3O3. The number of piperazine rings is 1. The first-order valence-electron chi connectivity index (χ1n) is 7.96. The molecule has 0 amide bonds. The molecule has 1 N–H and O–H groups in total. The molecule has 1 aromatic rings. The fourth-order valence-corrected chi connectivity index (χ4v) is 2.72. The Hall–Kier alpha value is -1.81. The molecule has 1 fully saturated rings. The molecule has 0 bridgehead atoms. The third-order valence-corrected chi connectivity index (χ3v) is 4.27. The first kappa shape index (κ1) is 17.5. The zero-order valence-electron chi connectivity index (χ0n) is 13.7. The van der Waals surface area contributed by atoms with Crippen LogP contribution in [0.15, 0.2) is 17.1 Å². The van der Waals surface area contributed by atoms with Crippen molar-refractivity contribution in [3.05, 3.63) is 28.2 Å². The Kier molecular flexibility index (Phi) is 6.66. The van der Waals surface area contributed by atoms with Crippen molar-refractivity contribution in [2.24, 2.45) is 0 Å². The van der Waals surface area contributed by atoms with Crippen molar-refractivity contribution in [2.75, 3.05) is 52.5 Å². The summed E-state index contributed by atoms with van der Waals surface area (Å²) in [6.45, 7) is 9.50. The second-order valence-electron chi connectivity index (χ2n) is 5.75. The molecule has 2 heterocycles. The van der Waals surface area contributed by atoms with E-state index in [0.29, 0.717) is 18.9 Å². The van der Waals surface area contributed by atoms with Gasteiger partial charge in [0.2, 0.25) is 5.43 Å². The van der Waals surface area contributed by atoms with E-state index in [4.69, 9.17) is 11.2 Å². The van der Waals surface area contributed by atoms with Gasteiger partial charge < -0.3 is 14.4 Å². The highest BCUT2D eigenvalue weighted by atomic mass is 16.5. The SMILES string of the molecule is C#CCOCCN1CCN(CCn2ccc(=O)c(O)c2C)CC1. The maximum atomic E-state index is 11.4. The second kappa shape index (κ2) is 8.73. The number of ether oxygens (including phenoxy) is 1. The van der Waals surface area contributed by atoms with E-state index in [1.54, 1.807) is 13.1 Å². The van der Waals surface area contributed by atoms with Crippen LogP contribution in [0.25, 0.3) is 0 Å². The van der Waals surface area contributed by atoms with Crippen molar-refractivity contribution >= 4 is 0 Å². The van der Waals surface area contributed by atoms with Crippen molar-refractivity contribution in [2.45, 2.75) is 13.5 Å². The zero-order chi connectivity index (χ0) is 16.7. The molecule has 1 aromatic heterocycles. The molecule has 0 aliphatic carbocycles. The monoisotopic (exact) mass is 319 g/mol. The number of nitrogens with zero attached hydrogens (tertiary/aromatic N) is 3. The summed E-state index contributed by atoms with van der Waals surface area (Å²) < 4.78 is 7.24. The minimum Gasteiger partial charge on any atom is -0.503 e. The van der Waals surface area contributed by atoms with Crippen LogP contribution in [-0.4, -0.2) is 72.0 Å². The first-order chi connectivity index (χ1) is 11.1. The molecule has 0 saturated carbocycles. The Labute approximate surface area is 137 Å². The maximum absolute atomic E-state index is 11.4. The highest BCUT2D eigenvalue weighted by molar-refractivity contribution is 5.25. The number of terminal acetylenes is 1. The number of hydrogen-bond donors (Lipinski definition) is 1. The summed E-state index contributed by atoms with van der Waals surface area (Å²) >= 11 is 0. The summed E-state index contributed by atoms with van der Waals surface area (Å²) in [6.07, 6.45) is 6.89. The topological polar surface area (TPSA) is 57.9 Å². The molecule has 6 nitrogen and oxygen atoms in total. The molecule has 0 unspecified atom stereocenters. The third kappa shape index (κ3) is 5.10. The van der Waals surface area contributed by atoms with Gasteiger partial charge in [-0.1, -0.05) is 5.92 Å². The van der Waals surface area contributed by atoms with Gasteiger partial charge in [-0.3, -0.25) is 14.6 Å². The summed E-state index contributed by atoms with van der Waals surface area (Å²) in [5, 5.41) is 9.70. The Morgan fingerprint density at radius 3 is 2.52 bits per heavy atom. The fraction of sp³-hybridized carbons (Fsp3) is 0.588. The van der Waals surface area contributed by atoms with Gasteiger partial charge >= 0.3 is 0 Å². The lowest BCUT2D eigenvalue weighted by atomic mass is 10.3. The second-order valence-corrected chi connectivity index (χ2v) is 5.75. The Bertz CT molecular complexity index is 598. The predicted octanol–water partition coefficient (Wildman–Crippen LogP) is 0.130. The van der Waals surface area contributed by atoms with Gasteiger partial charge in [0.25, 0.3) is 0 Å². The molecule has 0 atom stereocenters. The maximum Gasteiger partial charge on any atom is 0.223 e. The molecule has 23 heavy (non-hydrogen) atoms. The van der Waals surface area contributed by atoms with Crippen LogP contribution in [-0.2, 0) is 11.3 Å². The van der Waals surface area contributed by atoms with E-state index < -0.39 is 0 Å². The molecule has 0 radical (unpaired) electrons. The van der Waals surface area contributed by atoms with Crippen LogP contribution < -0.4 is 5.43 Å². The number of rotatable bonds is 7. The van der Waals surface area contributed by atoms with Crippen LogP contribution in [0.3, 0.4) is 0 Å². The predicted molar refractivity (Wildman–Crippen MR) is 89.6 cm³/mol. The molecular weight excluding hydrogens is 294 g/mol. The van der Waals surface area contributed by atoms with E-state index in [1.165, 1.54) is 6.07 Å². The molecule has 0 spiro atoms. The van der Waals surface area contributed by atoms with Crippen LogP contribution in [0.5, 0.6) is 5.75 Å². The van der Waals surface area contributed by atoms with E-state index in [0.717, 1.165) is 45.8 Å². The van der Waals surface area contributed by atoms with E-state index in [2.05, 4.69) is 15.7 Å². The molecule has 1 aliphatic heterocycles. The highest BCUT2D eigenvalue weighted by Crippen LogP contribution is 2.09. The third-order valence-electron chi connectivity index (χ3n) is 4.27. The summed E-state index contributed by atoms with van der Waals surface area (Å²) in [7, 11) is 0. The van der Waals surface area contributed by atoms with E-state index in [-0.39, 0.29) is 11.2 Å². The zero-order valence-corrected chi connectivity index (χ0v) is 13.7. The standard InChI is InChI=1S/C17H25N3O3/c1-3-13-23-14-12-19-8-6-18(7-9-19)10-11-20-5-4-16(21)17(22)15(20)2/h1,4-5,22H,6-14H2,2H3. The van der Waals surface area contributed by atoms with Gasteiger partial charge in [0.15, 0.2) is 5.75 Å². The van der Waals surface area contributed by atoms with Gasteiger partial charge in [-0.15, -0.1) is 6.42 Å². The lowest BCUT2D eigenvalue weighted by Gasteiger charge is -2.34. The average molecular weight is 319 g/mol. The van der Waals surface area contributed by atoms with Crippen molar-refractivity contribution < 1.29 is 9.84 Å². The normalized spacial score (nSPS) is 16.3. The quantitative estimate of drug-likeness (QED) is 0.572. The lowest BCUT2D eigenvalue weighted by molar-refractivity contribution is 0.0865. The minimum atomic E-state index is -0.320. The van der Waals surface area contributed by atoms with Crippen molar-refractivity contribution in [1.82, 2.24) is 14.4 Å². The summed E-state index contributed by atoms with van der Waals surface area (Å²) in [5.74, 6) is 2.32. The molecule has 1 saturated heterocycles. The van der Waals surface area contributed by atoms with E-state index in [1.807, 2.05) is 4.57 Å². The molecule has 2 rings (SSSR count). The molecule has 6 heteroatoms. The summed E-state index contributed by atoms with van der Waals surface area (Å²) in [6, 6.07) is 1.41. The van der Waals surface area contributed by atoms with Crippen molar-refractivity contribution in [3.8, 4) is 18.1 Å². The Morgan fingerprint density at radius 1 is 1.22 bits per heavy atom. The summed E-state index contributed by atoms with van der Waals surface area (Å²) in [5.41, 5.74) is 0.307. The summed E-state index contributed by atoms with van der Waals surface area (Å²) in [4.78, 5) is 16.1. The van der Waals surface area contributed by atoms with Gasteiger partial charge in [0.1, 0.15) is 6.61 Å². The van der Waals surface area contributed by atoms with Crippen LogP contribution in [0.4, 0.5) is 0 Å². The largest absolute Gasteiger partial charge is 0.503 e. The van der Waals surface area contributed by atoms with Crippen LogP contribution in [0.2, 0.25) is 0 Å². The van der Waals surface area contributed by atoms with E-state index >= 15 is 0 Å². The molecule has 126 valence electrons. The van der Waals surface area contributed by atoms with Crippen molar-refractivity contribution in [1.29, 1.82) is 0 Å². The fourth-order valence-electron chi connectivity index (χ4n) is 2.72. The van der Waals surface area contributed by atoms with Crippen LogP contribution in [0.1, 0.15) is 5.69 Å². The first-order valence-corrected chi connectivity index (χ1v) is 7.96. The lowest BCUT2D eigenvalue weighted by Crippen LogP contribution is -2.48. The molecule has 0 aromatic carbocycles. The highest BCUT2D eigenvalue weighted by Gasteiger charge is 2.16. The van der Waals surface area contributed by atoms with Gasteiger partial charge in [0, 0.05) is 58.1 Å². The Morgan fingerprint density at radius 2 is 1.87 bits per heavy atom. The number of aromatic hydroxyl groups is 1. The smallest absolute Gasteiger partial charge is 0.223 e. The Balaban J connectivity index is 1.72. The number of aromatic nitrogens is 1. The van der Waals surface area contributed by atoms with Gasteiger partial charge in [-0.25, -0.2) is 0 Å². The molecule has 1 aliphatic rings. The van der Waals surface area contributed by atoms with Gasteiger partial charge in [-0.05, 0) is 6.92 Å². The van der Waals surface area contributed by atoms with Crippen LogP contribution >= 0.6 is 0 Å². The minimum absolute atomic E-state index is 0.149.